The van der Waals surface area contributed by atoms with E-state index in [2.05, 4.69) is 16.6 Å². The van der Waals surface area contributed by atoms with Gasteiger partial charge in [0.2, 0.25) is 3.79 Å². The van der Waals surface area contributed by atoms with Gasteiger partial charge in [-0.25, -0.2) is 4.79 Å². The van der Waals surface area contributed by atoms with Crippen LogP contribution in [0.2, 0.25) is 0 Å². The van der Waals surface area contributed by atoms with Crippen LogP contribution in [0.5, 0.6) is 0 Å². The van der Waals surface area contributed by atoms with Gasteiger partial charge in [-0.05, 0) is 5.56 Å². The number of ether oxygens (including phenoxy) is 2. The van der Waals surface area contributed by atoms with Crippen molar-refractivity contribution in [3.05, 3.63) is 35.9 Å². The first kappa shape index (κ1) is 17.1. The number of carbonyl (C=O) groups is 1. The Morgan fingerprint density at radius 3 is 2.55 bits per heavy atom. The van der Waals surface area contributed by atoms with E-state index in [0.717, 1.165) is 5.56 Å². The number of esters is 1. The molecule has 0 unspecified atom stereocenters. The molecule has 0 aromatic heterocycles. The fraction of sp³-hybridized carbons (Fsp3) is 0.357. The molecule has 1 rings (SSSR count). The fourth-order valence-corrected chi connectivity index (χ4v) is 1.37. The van der Waals surface area contributed by atoms with Crippen molar-refractivity contribution in [1.82, 2.24) is 0 Å². The van der Waals surface area contributed by atoms with Gasteiger partial charge < -0.3 is 9.47 Å². The summed E-state index contributed by atoms with van der Waals surface area (Å²) in [5, 5.41) is 0. The van der Waals surface area contributed by atoms with Crippen LogP contribution >= 0.6 is 34.8 Å². The lowest BCUT2D eigenvalue weighted by Gasteiger charge is -2.08. The van der Waals surface area contributed by atoms with Crippen LogP contribution in [0.4, 0.5) is 0 Å². The number of benzene rings is 1. The molecule has 0 heterocycles. The highest BCUT2D eigenvalue weighted by Crippen LogP contribution is 2.25. The SMILES string of the molecule is O=C(C#CCCOCc1ccccc1)OCC(Cl)(Cl)Cl. The molecule has 0 aliphatic heterocycles. The Hall–Kier alpha value is -0.920. The Morgan fingerprint density at radius 2 is 1.90 bits per heavy atom. The topological polar surface area (TPSA) is 35.5 Å². The van der Waals surface area contributed by atoms with Gasteiger partial charge in [-0.2, -0.15) is 0 Å². The Morgan fingerprint density at radius 1 is 1.20 bits per heavy atom. The predicted octanol–water partition coefficient (Wildman–Crippen LogP) is 3.51. The molecule has 0 bridgehead atoms. The maximum absolute atomic E-state index is 11.1. The molecule has 0 N–H and O–H groups in total. The molecule has 0 aliphatic rings. The summed E-state index contributed by atoms with van der Waals surface area (Å²) < 4.78 is 8.42. The Balaban J connectivity index is 2.12. The minimum absolute atomic E-state index is 0.324. The molecule has 108 valence electrons. The molecule has 0 fully saturated rings. The summed E-state index contributed by atoms with van der Waals surface area (Å²) in [5.41, 5.74) is 1.09. The maximum Gasteiger partial charge on any atom is 0.384 e. The third-order valence-corrected chi connectivity index (χ3v) is 2.37. The normalized spacial score (nSPS) is 10.6. The summed E-state index contributed by atoms with van der Waals surface area (Å²) in [6.07, 6.45) is 0.426. The molecule has 0 saturated carbocycles. The smallest absolute Gasteiger partial charge is 0.384 e. The molecule has 20 heavy (non-hydrogen) atoms. The van der Waals surface area contributed by atoms with Crippen LogP contribution in [0.1, 0.15) is 12.0 Å². The summed E-state index contributed by atoms with van der Waals surface area (Å²) >= 11 is 16.3. The lowest BCUT2D eigenvalue weighted by molar-refractivity contribution is -0.136. The van der Waals surface area contributed by atoms with Crippen molar-refractivity contribution in [2.75, 3.05) is 13.2 Å². The van der Waals surface area contributed by atoms with E-state index in [4.69, 9.17) is 39.5 Å². The summed E-state index contributed by atoms with van der Waals surface area (Å²) in [4.78, 5) is 11.1. The van der Waals surface area contributed by atoms with Crippen LogP contribution < -0.4 is 0 Å². The third kappa shape index (κ3) is 9.06. The van der Waals surface area contributed by atoms with Gasteiger partial charge in [0.25, 0.3) is 0 Å². The van der Waals surface area contributed by atoms with E-state index >= 15 is 0 Å². The van der Waals surface area contributed by atoms with Crippen LogP contribution in [0.15, 0.2) is 30.3 Å². The number of hydrogen-bond donors (Lipinski definition) is 0. The first-order chi connectivity index (χ1) is 9.47. The van der Waals surface area contributed by atoms with Gasteiger partial charge in [-0.1, -0.05) is 71.1 Å². The second-order valence-electron chi connectivity index (χ2n) is 3.78. The van der Waals surface area contributed by atoms with Gasteiger partial charge in [-0.3, -0.25) is 0 Å². The van der Waals surface area contributed by atoms with Crippen molar-refractivity contribution < 1.29 is 14.3 Å². The van der Waals surface area contributed by atoms with E-state index in [1.807, 2.05) is 30.3 Å². The zero-order valence-corrected chi connectivity index (χ0v) is 12.8. The first-order valence-corrected chi connectivity index (χ1v) is 6.95. The fourth-order valence-electron chi connectivity index (χ4n) is 1.21. The monoisotopic (exact) mass is 334 g/mol. The highest BCUT2D eigenvalue weighted by Gasteiger charge is 2.21. The van der Waals surface area contributed by atoms with Gasteiger partial charge in [0.15, 0.2) is 0 Å². The van der Waals surface area contributed by atoms with Gasteiger partial charge in [0.1, 0.15) is 6.61 Å². The van der Waals surface area contributed by atoms with Gasteiger partial charge in [-0.15, -0.1) is 0 Å². The molecule has 0 spiro atoms. The zero-order valence-electron chi connectivity index (χ0n) is 10.6. The van der Waals surface area contributed by atoms with Gasteiger partial charge in [0.05, 0.1) is 13.2 Å². The molecule has 0 saturated heterocycles. The zero-order chi connectivity index (χ0) is 14.8. The second kappa shape index (κ2) is 9.10. The molecule has 1 aromatic rings. The summed E-state index contributed by atoms with van der Waals surface area (Å²) in [7, 11) is 0. The van der Waals surface area contributed by atoms with E-state index in [0.29, 0.717) is 19.6 Å². The number of rotatable bonds is 5. The minimum atomic E-state index is -1.61. The van der Waals surface area contributed by atoms with Crippen LogP contribution in [-0.2, 0) is 20.9 Å². The van der Waals surface area contributed by atoms with Crippen molar-refractivity contribution in [3.63, 3.8) is 0 Å². The van der Waals surface area contributed by atoms with E-state index in [1.54, 1.807) is 0 Å². The molecule has 0 amide bonds. The van der Waals surface area contributed by atoms with Crippen molar-refractivity contribution in [1.29, 1.82) is 0 Å². The molecule has 3 nitrogen and oxygen atoms in total. The van der Waals surface area contributed by atoms with Crippen molar-refractivity contribution in [2.24, 2.45) is 0 Å². The molecule has 6 heteroatoms. The van der Waals surface area contributed by atoms with Crippen molar-refractivity contribution >= 4 is 40.8 Å². The Bertz CT molecular complexity index is 472. The first-order valence-electron chi connectivity index (χ1n) is 5.81. The lowest BCUT2D eigenvalue weighted by Crippen LogP contribution is -2.16. The molecular formula is C14H13Cl3O3. The van der Waals surface area contributed by atoms with E-state index in [-0.39, 0.29) is 6.61 Å². The average Bonchev–Trinajstić information content (AvgIpc) is 2.41. The summed E-state index contributed by atoms with van der Waals surface area (Å²) in [6, 6.07) is 9.77. The van der Waals surface area contributed by atoms with E-state index in [1.165, 1.54) is 0 Å². The van der Waals surface area contributed by atoms with Crippen molar-refractivity contribution in [3.8, 4) is 11.8 Å². The molecule has 0 radical (unpaired) electrons. The van der Waals surface area contributed by atoms with Crippen LogP contribution in [0, 0.1) is 11.8 Å². The lowest BCUT2D eigenvalue weighted by atomic mass is 10.2. The van der Waals surface area contributed by atoms with Crippen LogP contribution in [-0.4, -0.2) is 23.0 Å². The molecule has 0 atom stereocenters. The summed E-state index contributed by atoms with van der Waals surface area (Å²) in [6.45, 7) is 0.621. The van der Waals surface area contributed by atoms with E-state index in [9.17, 15) is 4.79 Å². The Kier molecular flexibility index (Phi) is 7.79. The number of alkyl halides is 3. The quantitative estimate of drug-likeness (QED) is 0.272. The molecule has 1 aromatic carbocycles. The standard InChI is InChI=1S/C14H13Cl3O3/c15-14(16,17)11-20-13(18)8-4-5-9-19-10-12-6-2-1-3-7-12/h1-3,6-7H,5,9-11H2. The summed E-state index contributed by atoms with van der Waals surface area (Å²) in [5.74, 6) is 4.19. The van der Waals surface area contributed by atoms with E-state index < -0.39 is 9.76 Å². The largest absolute Gasteiger partial charge is 0.452 e. The maximum atomic E-state index is 11.1. The minimum Gasteiger partial charge on any atom is -0.452 e. The number of carbonyl (C=O) groups excluding carboxylic acids is 1. The highest BCUT2D eigenvalue weighted by molar-refractivity contribution is 6.67. The average molecular weight is 336 g/mol. The molecular weight excluding hydrogens is 323 g/mol. The van der Waals surface area contributed by atoms with Crippen LogP contribution in [0.25, 0.3) is 0 Å². The van der Waals surface area contributed by atoms with Gasteiger partial charge in [0, 0.05) is 12.3 Å². The number of hydrogen-bond acceptors (Lipinski definition) is 3. The number of halogens is 3. The Labute approximate surface area is 133 Å². The van der Waals surface area contributed by atoms with Crippen molar-refractivity contribution in [2.45, 2.75) is 16.8 Å². The second-order valence-corrected chi connectivity index (χ2v) is 6.30. The van der Waals surface area contributed by atoms with Crippen LogP contribution in [0.3, 0.4) is 0 Å². The highest BCUT2D eigenvalue weighted by atomic mass is 35.6. The predicted molar refractivity (Wildman–Crippen MR) is 79.7 cm³/mol. The molecule has 0 aliphatic carbocycles. The third-order valence-electron chi connectivity index (χ3n) is 2.04. The van der Waals surface area contributed by atoms with Gasteiger partial charge >= 0.3 is 5.97 Å².